The quantitative estimate of drug-likeness (QED) is 0.379. The zero-order chi connectivity index (χ0) is 18.2. The van der Waals surface area contributed by atoms with Crippen LogP contribution in [0.25, 0.3) is 0 Å². The van der Waals surface area contributed by atoms with E-state index in [1.807, 2.05) is 4.90 Å². The molecule has 0 atom stereocenters. The van der Waals surface area contributed by atoms with E-state index in [9.17, 15) is 4.79 Å². The molecule has 1 N–H and O–H groups in total. The largest absolute Gasteiger partial charge is 0.354 e. The van der Waals surface area contributed by atoms with Crippen LogP contribution in [0.1, 0.15) is 33.5 Å². The summed E-state index contributed by atoms with van der Waals surface area (Å²) in [6, 6.07) is 0. The van der Waals surface area contributed by atoms with Crippen molar-refractivity contribution in [2.24, 2.45) is 10.9 Å². The predicted molar refractivity (Wildman–Crippen MR) is 114 cm³/mol. The Bertz CT molecular complexity index is 579. The van der Waals surface area contributed by atoms with Crippen molar-refractivity contribution in [1.82, 2.24) is 29.9 Å². The number of amides is 1. The van der Waals surface area contributed by atoms with Crippen molar-refractivity contribution in [3.05, 3.63) is 12.2 Å². The lowest BCUT2D eigenvalue weighted by Crippen LogP contribution is -2.53. The van der Waals surface area contributed by atoms with Gasteiger partial charge in [-0.2, -0.15) is 0 Å². The second-order valence-corrected chi connectivity index (χ2v) is 6.77. The maximum Gasteiger partial charge on any atom is 0.219 e. The molecule has 2 rings (SSSR count). The average Bonchev–Trinajstić information content (AvgIpc) is 3.05. The molecule has 0 aromatic carbocycles. The van der Waals surface area contributed by atoms with Gasteiger partial charge in [0.05, 0.1) is 0 Å². The number of carbonyl (C=O) groups is 1. The van der Waals surface area contributed by atoms with E-state index in [-0.39, 0.29) is 29.9 Å². The van der Waals surface area contributed by atoms with Crippen molar-refractivity contribution >= 4 is 35.8 Å². The summed E-state index contributed by atoms with van der Waals surface area (Å²) in [5.74, 6) is 2.59. The van der Waals surface area contributed by atoms with Crippen LogP contribution in [-0.4, -0.2) is 75.7 Å². The van der Waals surface area contributed by atoms with Gasteiger partial charge in [-0.1, -0.05) is 20.8 Å². The molecule has 2 heterocycles. The second-order valence-electron chi connectivity index (χ2n) is 6.77. The van der Waals surface area contributed by atoms with Crippen LogP contribution in [0.4, 0.5) is 0 Å². The van der Waals surface area contributed by atoms with E-state index >= 15 is 0 Å². The third-order valence-electron chi connectivity index (χ3n) is 4.28. The molecule has 1 aromatic rings. The minimum absolute atomic E-state index is 0. The Morgan fingerprint density at radius 2 is 1.92 bits per heavy atom. The van der Waals surface area contributed by atoms with Crippen LogP contribution < -0.4 is 5.32 Å². The average molecular weight is 477 g/mol. The lowest BCUT2D eigenvalue weighted by atomic mass is 10.2. The van der Waals surface area contributed by atoms with Gasteiger partial charge in [-0.3, -0.25) is 9.79 Å². The lowest BCUT2D eigenvalue weighted by Gasteiger charge is -2.36. The number of halogens is 1. The molecule has 0 spiro atoms. The molecule has 0 bridgehead atoms. The van der Waals surface area contributed by atoms with Crippen LogP contribution in [0.5, 0.6) is 0 Å². The van der Waals surface area contributed by atoms with Crippen molar-refractivity contribution in [2.45, 2.75) is 40.7 Å². The highest BCUT2D eigenvalue weighted by molar-refractivity contribution is 14.0. The summed E-state index contributed by atoms with van der Waals surface area (Å²) in [7, 11) is 0. The first kappa shape index (κ1) is 22.7. The minimum atomic E-state index is 0. The molecular weight excluding hydrogens is 445 g/mol. The molecule has 1 fully saturated rings. The number of piperazine rings is 1. The topological polar surface area (TPSA) is 78.7 Å². The van der Waals surface area contributed by atoms with Gasteiger partial charge in [0, 0.05) is 59.2 Å². The number of rotatable bonds is 6. The third-order valence-corrected chi connectivity index (χ3v) is 4.28. The van der Waals surface area contributed by atoms with Gasteiger partial charge in [-0.25, -0.2) is 0 Å². The lowest BCUT2D eigenvalue weighted by molar-refractivity contribution is -0.130. The molecule has 1 amide bonds. The Morgan fingerprint density at radius 3 is 2.50 bits per heavy atom. The van der Waals surface area contributed by atoms with E-state index in [1.54, 1.807) is 13.3 Å². The number of hydrogen-bond acceptors (Lipinski definition) is 4. The first-order chi connectivity index (χ1) is 12.0. The predicted octanol–water partition coefficient (Wildman–Crippen LogP) is 1.22. The third kappa shape index (κ3) is 6.73. The molecule has 1 saturated heterocycles. The Hall–Kier alpha value is -1.39. The fourth-order valence-corrected chi connectivity index (χ4v) is 2.80. The molecule has 0 aliphatic carbocycles. The number of nitrogens with zero attached hydrogens (tertiary/aromatic N) is 6. The van der Waals surface area contributed by atoms with Gasteiger partial charge >= 0.3 is 0 Å². The number of hydrogen-bond donors (Lipinski definition) is 1. The van der Waals surface area contributed by atoms with Crippen molar-refractivity contribution in [3.63, 3.8) is 0 Å². The highest BCUT2D eigenvalue weighted by Crippen LogP contribution is 2.04. The molecule has 8 nitrogen and oxygen atoms in total. The van der Waals surface area contributed by atoms with E-state index in [1.165, 1.54) is 0 Å². The monoisotopic (exact) mass is 477 g/mol. The van der Waals surface area contributed by atoms with Gasteiger partial charge in [0.15, 0.2) is 5.96 Å². The number of carbonyl (C=O) groups excluding carboxylic acids is 1. The molecule has 148 valence electrons. The summed E-state index contributed by atoms with van der Waals surface area (Å²) in [5, 5.41) is 11.6. The van der Waals surface area contributed by atoms with E-state index in [0.717, 1.165) is 64.0 Å². The van der Waals surface area contributed by atoms with Crippen LogP contribution in [0.3, 0.4) is 0 Å². The van der Waals surface area contributed by atoms with Crippen LogP contribution in [0.15, 0.2) is 11.3 Å². The fraction of sp³-hybridized carbons (Fsp3) is 0.765. The molecule has 9 heteroatoms. The van der Waals surface area contributed by atoms with Crippen LogP contribution in [-0.2, 0) is 17.8 Å². The van der Waals surface area contributed by atoms with Gasteiger partial charge in [-0.05, 0) is 5.92 Å². The molecule has 1 aromatic heterocycles. The van der Waals surface area contributed by atoms with E-state index in [4.69, 9.17) is 4.99 Å². The smallest absolute Gasteiger partial charge is 0.219 e. The van der Waals surface area contributed by atoms with E-state index < -0.39 is 0 Å². The van der Waals surface area contributed by atoms with Crippen LogP contribution in [0, 0.1) is 5.92 Å². The van der Waals surface area contributed by atoms with Gasteiger partial charge in [0.1, 0.15) is 12.2 Å². The number of guanidine groups is 1. The van der Waals surface area contributed by atoms with Gasteiger partial charge in [0.2, 0.25) is 5.91 Å². The maximum absolute atomic E-state index is 11.5. The van der Waals surface area contributed by atoms with Crippen molar-refractivity contribution in [2.75, 3.05) is 39.3 Å². The van der Waals surface area contributed by atoms with Crippen molar-refractivity contribution in [1.29, 1.82) is 0 Å². The summed E-state index contributed by atoms with van der Waals surface area (Å²) in [5.41, 5.74) is 0. The summed E-state index contributed by atoms with van der Waals surface area (Å²) in [4.78, 5) is 20.4. The standard InChI is InChI=1S/C17H31N7O.HI/c1-5-16-21-20-13-24(16)7-6-18-17(19-12-14(2)3)23-10-8-22(9-11-23)15(4)25;/h13-14H,5-12H2,1-4H3,(H,18,19);1H. The Balaban J connectivity index is 0.00000338. The van der Waals surface area contributed by atoms with Gasteiger partial charge in [0.25, 0.3) is 0 Å². The highest BCUT2D eigenvalue weighted by atomic mass is 127. The maximum atomic E-state index is 11.5. The molecule has 0 unspecified atom stereocenters. The molecule has 0 saturated carbocycles. The molecule has 26 heavy (non-hydrogen) atoms. The number of aryl methyl sites for hydroxylation is 1. The molecule has 0 radical (unpaired) electrons. The Kier molecular flexibility index (Phi) is 9.89. The van der Waals surface area contributed by atoms with Crippen LogP contribution in [0.2, 0.25) is 0 Å². The van der Waals surface area contributed by atoms with E-state index in [0.29, 0.717) is 5.92 Å². The second kappa shape index (κ2) is 11.3. The van der Waals surface area contributed by atoms with Crippen molar-refractivity contribution in [3.8, 4) is 0 Å². The molecule has 1 aliphatic heterocycles. The zero-order valence-electron chi connectivity index (χ0n) is 16.3. The Morgan fingerprint density at radius 1 is 1.27 bits per heavy atom. The van der Waals surface area contributed by atoms with Gasteiger partial charge < -0.3 is 19.7 Å². The number of nitrogens with one attached hydrogen (secondary N) is 1. The zero-order valence-corrected chi connectivity index (χ0v) is 18.6. The summed E-state index contributed by atoms with van der Waals surface area (Å²) >= 11 is 0. The first-order valence-corrected chi connectivity index (χ1v) is 9.16. The molecule has 1 aliphatic rings. The summed E-state index contributed by atoms with van der Waals surface area (Å²) in [6.07, 6.45) is 2.65. The van der Waals surface area contributed by atoms with Crippen molar-refractivity contribution < 1.29 is 4.79 Å². The van der Waals surface area contributed by atoms with E-state index in [2.05, 4.69) is 45.8 Å². The normalized spacial score (nSPS) is 15.2. The Labute approximate surface area is 173 Å². The highest BCUT2D eigenvalue weighted by Gasteiger charge is 2.21. The summed E-state index contributed by atoms with van der Waals surface area (Å²) < 4.78 is 2.07. The first-order valence-electron chi connectivity index (χ1n) is 9.16. The summed E-state index contributed by atoms with van der Waals surface area (Å²) in [6.45, 7) is 13.6. The fourth-order valence-electron chi connectivity index (χ4n) is 2.80. The van der Waals surface area contributed by atoms with Crippen LogP contribution >= 0.6 is 24.0 Å². The number of aliphatic imine (C=N–C) groups is 1. The van der Waals surface area contributed by atoms with Gasteiger partial charge in [-0.15, -0.1) is 34.2 Å². The molecular formula is C17H32IN7O. The minimum Gasteiger partial charge on any atom is -0.354 e. The number of aromatic nitrogens is 3. The SMILES string of the molecule is CCc1nncn1CCNC(=NCC(C)C)N1CCN(C(C)=O)CC1.I.